The van der Waals surface area contributed by atoms with Gasteiger partial charge in [0, 0.05) is 22.6 Å². The number of benzene rings is 1. The monoisotopic (exact) mass is 316 g/mol. The Morgan fingerprint density at radius 3 is 2.43 bits per heavy atom. The van der Waals surface area contributed by atoms with E-state index in [0.29, 0.717) is 12.0 Å². The van der Waals surface area contributed by atoms with Gasteiger partial charge in [0.25, 0.3) is 0 Å². The third kappa shape index (κ3) is 3.33. The van der Waals surface area contributed by atoms with E-state index in [-0.39, 0.29) is 23.3 Å². The molecule has 0 aliphatic heterocycles. The molecule has 0 unspecified atom stereocenters. The van der Waals surface area contributed by atoms with E-state index < -0.39 is 23.5 Å². The standard InChI is InChI=1S/C18H20O5/c1-3-4-7-11(10-14(19)23-2)15-16(20)12-8-5-6-9-13(12)17(21)18(15)22/h5-6,8-9,11,20H,3-4,7,10H2,1-2H3/t11-/m1/s1. The summed E-state index contributed by atoms with van der Waals surface area (Å²) in [4.78, 5) is 36.4. The zero-order valence-corrected chi connectivity index (χ0v) is 13.3. The van der Waals surface area contributed by atoms with Gasteiger partial charge in [-0.1, -0.05) is 44.0 Å². The van der Waals surface area contributed by atoms with Crippen LogP contribution in [0.5, 0.6) is 0 Å². The minimum atomic E-state index is -0.730. The predicted molar refractivity (Wildman–Crippen MR) is 85.0 cm³/mol. The van der Waals surface area contributed by atoms with E-state index in [9.17, 15) is 19.5 Å². The number of unbranched alkanes of at least 4 members (excludes halogenated alkanes) is 1. The van der Waals surface area contributed by atoms with Gasteiger partial charge in [-0.05, 0) is 6.42 Å². The van der Waals surface area contributed by atoms with Crippen molar-refractivity contribution in [3.05, 3.63) is 41.0 Å². The van der Waals surface area contributed by atoms with Crippen molar-refractivity contribution in [1.82, 2.24) is 0 Å². The SMILES string of the molecule is CCCC[C@H](CC(=O)OC)C1=C(O)c2ccccc2C(=O)C1=O. The number of esters is 1. The van der Waals surface area contributed by atoms with Crippen LogP contribution in [0.3, 0.4) is 0 Å². The van der Waals surface area contributed by atoms with E-state index in [1.54, 1.807) is 18.2 Å². The zero-order valence-electron chi connectivity index (χ0n) is 13.3. The smallest absolute Gasteiger partial charge is 0.306 e. The number of hydrogen-bond donors (Lipinski definition) is 1. The molecule has 1 aromatic rings. The predicted octanol–water partition coefficient (Wildman–Crippen LogP) is 3.09. The lowest BCUT2D eigenvalue weighted by Gasteiger charge is -2.24. The van der Waals surface area contributed by atoms with E-state index in [1.165, 1.54) is 13.2 Å². The van der Waals surface area contributed by atoms with Crippen LogP contribution < -0.4 is 0 Å². The van der Waals surface area contributed by atoms with Crippen molar-refractivity contribution in [1.29, 1.82) is 0 Å². The average molecular weight is 316 g/mol. The van der Waals surface area contributed by atoms with Crippen molar-refractivity contribution in [2.24, 2.45) is 5.92 Å². The molecule has 0 saturated heterocycles. The van der Waals surface area contributed by atoms with E-state index in [0.717, 1.165) is 12.8 Å². The van der Waals surface area contributed by atoms with Crippen LogP contribution in [0.2, 0.25) is 0 Å². The van der Waals surface area contributed by atoms with E-state index in [1.807, 2.05) is 6.92 Å². The first-order valence-corrected chi connectivity index (χ1v) is 7.69. The van der Waals surface area contributed by atoms with Crippen LogP contribution >= 0.6 is 0 Å². The molecule has 1 N–H and O–H groups in total. The molecule has 0 fully saturated rings. The van der Waals surface area contributed by atoms with Crippen molar-refractivity contribution in [3.63, 3.8) is 0 Å². The summed E-state index contributed by atoms with van der Waals surface area (Å²) in [5.41, 5.74) is 0.581. The van der Waals surface area contributed by atoms with Crippen molar-refractivity contribution in [2.45, 2.75) is 32.6 Å². The second-order valence-electron chi connectivity index (χ2n) is 5.59. The van der Waals surface area contributed by atoms with Crippen molar-refractivity contribution in [2.75, 3.05) is 7.11 Å². The highest BCUT2D eigenvalue weighted by Gasteiger charge is 2.37. The second-order valence-corrected chi connectivity index (χ2v) is 5.59. The van der Waals surface area contributed by atoms with Crippen molar-refractivity contribution in [3.8, 4) is 0 Å². The molecule has 0 amide bonds. The van der Waals surface area contributed by atoms with Crippen LogP contribution in [-0.2, 0) is 14.3 Å². The quantitative estimate of drug-likeness (QED) is 0.644. The zero-order chi connectivity index (χ0) is 17.0. The van der Waals surface area contributed by atoms with Gasteiger partial charge in [0.2, 0.25) is 11.6 Å². The maximum absolute atomic E-state index is 12.5. The molecular weight excluding hydrogens is 296 g/mol. The number of Topliss-reactive ketones (excluding diaryl/α,β-unsaturated/α-hetero) is 2. The molecule has 2 rings (SSSR count). The molecule has 0 bridgehead atoms. The van der Waals surface area contributed by atoms with Crippen molar-refractivity contribution >= 4 is 23.3 Å². The number of hydrogen-bond acceptors (Lipinski definition) is 5. The summed E-state index contributed by atoms with van der Waals surface area (Å²) in [5, 5.41) is 10.5. The lowest BCUT2D eigenvalue weighted by Crippen LogP contribution is -2.29. The maximum atomic E-state index is 12.5. The number of carbonyl (C=O) groups is 3. The Balaban J connectivity index is 2.49. The number of rotatable bonds is 6. The number of ether oxygens (including phenoxy) is 1. The summed E-state index contributed by atoms with van der Waals surface area (Å²) in [6.45, 7) is 1.99. The molecule has 1 atom stereocenters. The van der Waals surface area contributed by atoms with Crippen LogP contribution in [-0.4, -0.2) is 29.8 Å². The van der Waals surface area contributed by atoms with Gasteiger partial charge in [-0.15, -0.1) is 0 Å². The fourth-order valence-electron chi connectivity index (χ4n) is 2.85. The number of allylic oxidation sites excluding steroid dienone is 1. The van der Waals surface area contributed by atoms with Crippen LogP contribution in [0.1, 0.15) is 48.5 Å². The number of ketones is 2. The summed E-state index contributed by atoms with van der Waals surface area (Å²) in [6, 6.07) is 6.45. The molecule has 1 aromatic carbocycles. The Labute approximate surface area is 135 Å². The van der Waals surface area contributed by atoms with E-state index in [4.69, 9.17) is 0 Å². The Morgan fingerprint density at radius 1 is 1.17 bits per heavy atom. The first-order valence-electron chi connectivity index (χ1n) is 7.69. The molecule has 1 aliphatic rings. The van der Waals surface area contributed by atoms with Gasteiger partial charge in [-0.3, -0.25) is 14.4 Å². The van der Waals surface area contributed by atoms with Crippen LogP contribution in [0.25, 0.3) is 5.76 Å². The van der Waals surface area contributed by atoms with Gasteiger partial charge < -0.3 is 9.84 Å². The number of methoxy groups -OCH3 is 1. The number of fused-ring (bicyclic) bond motifs is 1. The van der Waals surface area contributed by atoms with Gasteiger partial charge in [-0.25, -0.2) is 0 Å². The fourth-order valence-corrected chi connectivity index (χ4v) is 2.85. The molecule has 122 valence electrons. The van der Waals surface area contributed by atoms with Crippen LogP contribution in [0.15, 0.2) is 29.8 Å². The molecule has 5 heteroatoms. The summed E-state index contributed by atoms with van der Waals surface area (Å²) in [6.07, 6.45) is 2.16. The minimum Gasteiger partial charge on any atom is -0.507 e. The normalized spacial score (nSPS) is 15.4. The topological polar surface area (TPSA) is 80.7 Å². The number of aliphatic hydroxyl groups is 1. The molecule has 0 heterocycles. The van der Waals surface area contributed by atoms with Gasteiger partial charge in [0.1, 0.15) is 5.76 Å². The summed E-state index contributed by atoms with van der Waals surface area (Å²) in [7, 11) is 1.27. The molecule has 0 aromatic heterocycles. The maximum Gasteiger partial charge on any atom is 0.306 e. The number of carbonyl (C=O) groups excluding carboxylic acids is 3. The van der Waals surface area contributed by atoms with Crippen LogP contribution in [0.4, 0.5) is 0 Å². The lowest BCUT2D eigenvalue weighted by molar-refractivity contribution is -0.141. The minimum absolute atomic E-state index is 0.0307. The molecule has 5 nitrogen and oxygen atoms in total. The number of aliphatic hydroxyl groups excluding tert-OH is 1. The molecule has 1 aliphatic carbocycles. The highest BCUT2D eigenvalue weighted by Crippen LogP contribution is 2.35. The third-order valence-electron chi connectivity index (χ3n) is 4.09. The second kappa shape index (κ2) is 7.22. The summed E-state index contributed by atoms with van der Waals surface area (Å²) < 4.78 is 4.68. The van der Waals surface area contributed by atoms with Crippen molar-refractivity contribution < 1.29 is 24.2 Å². The first kappa shape index (κ1) is 16.9. The Kier molecular flexibility index (Phi) is 5.32. The molecule has 23 heavy (non-hydrogen) atoms. The summed E-state index contributed by atoms with van der Waals surface area (Å²) >= 11 is 0. The van der Waals surface area contributed by atoms with Gasteiger partial charge in [-0.2, -0.15) is 0 Å². The first-order chi connectivity index (χ1) is 11.0. The molecular formula is C18H20O5. The van der Waals surface area contributed by atoms with Gasteiger partial charge in [0.15, 0.2) is 0 Å². The average Bonchev–Trinajstić information content (AvgIpc) is 2.57. The summed E-state index contributed by atoms with van der Waals surface area (Å²) in [5.74, 6) is -2.56. The molecule has 0 saturated carbocycles. The molecule has 0 radical (unpaired) electrons. The highest BCUT2D eigenvalue weighted by atomic mass is 16.5. The van der Waals surface area contributed by atoms with E-state index >= 15 is 0 Å². The highest BCUT2D eigenvalue weighted by molar-refractivity contribution is 6.52. The van der Waals surface area contributed by atoms with Gasteiger partial charge in [0.05, 0.1) is 13.5 Å². The van der Waals surface area contributed by atoms with Gasteiger partial charge >= 0.3 is 5.97 Å². The molecule has 0 spiro atoms. The Hall–Kier alpha value is -2.43. The largest absolute Gasteiger partial charge is 0.507 e. The fraction of sp³-hybridized carbons (Fsp3) is 0.389. The third-order valence-corrected chi connectivity index (χ3v) is 4.09. The Bertz CT molecular complexity index is 672. The van der Waals surface area contributed by atoms with E-state index in [2.05, 4.69) is 4.74 Å². The van der Waals surface area contributed by atoms with Crippen LogP contribution in [0, 0.1) is 5.92 Å². The Morgan fingerprint density at radius 2 is 1.83 bits per heavy atom. The lowest BCUT2D eigenvalue weighted by atomic mass is 9.79.